The lowest BCUT2D eigenvalue weighted by Gasteiger charge is -2.19. The first kappa shape index (κ1) is 15.7. The highest BCUT2D eigenvalue weighted by Crippen LogP contribution is 2.21. The summed E-state index contributed by atoms with van der Waals surface area (Å²) in [5.41, 5.74) is 2.48. The molecule has 0 saturated heterocycles. The Hall–Kier alpha value is -1.40. The second kappa shape index (κ2) is 6.68. The van der Waals surface area contributed by atoms with E-state index in [4.69, 9.17) is 5.84 Å². The fraction of sp³-hybridized carbons (Fsp3) is 0.692. The predicted octanol–water partition coefficient (Wildman–Crippen LogP) is 1.42. The molecule has 0 atom stereocenters. The van der Waals surface area contributed by atoms with E-state index in [-0.39, 0.29) is 5.41 Å². The maximum Gasteiger partial charge on any atom is 0.145 e. The van der Waals surface area contributed by atoms with E-state index in [1.54, 1.807) is 0 Å². The lowest BCUT2D eigenvalue weighted by molar-refractivity contribution is 0.367. The lowest BCUT2D eigenvalue weighted by atomic mass is 9.96. The summed E-state index contributed by atoms with van der Waals surface area (Å²) in [6.45, 7) is 11.2. The van der Waals surface area contributed by atoms with E-state index in [2.05, 4.69) is 60.4 Å². The van der Waals surface area contributed by atoms with Gasteiger partial charge < -0.3 is 15.6 Å². The molecule has 0 aliphatic carbocycles. The van der Waals surface area contributed by atoms with Crippen LogP contribution in [-0.2, 0) is 5.41 Å². The summed E-state index contributed by atoms with van der Waals surface area (Å²) in [6, 6.07) is 1.82. The van der Waals surface area contributed by atoms with Crippen LogP contribution in [0.2, 0.25) is 0 Å². The molecule has 0 aliphatic rings. The number of anilines is 2. The standard InChI is InChI=1S/C13H26N6/c1-6-19(5)8-7-15-10-9-11(18-14)17-12(16-10)13(2,3)4/h9H,6-8,14H2,1-5H3,(H2,15,16,17,18). The SMILES string of the molecule is CCN(C)CCNc1cc(NN)nc(C(C)(C)C)n1. The number of hydrogen-bond donors (Lipinski definition) is 3. The summed E-state index contributed by atoms with van der Waals surface area (Å²) >= 11 is 0. The van der Waals surface area contributed by atoms with Crippen molar-refractivity contribution < 1.29 is 0 Å². The molecule has 6 heteroatoms. The number of nitrogens with zero attached hydrogens (tertiary/aromatic N) is 3. The van der Waals surface area contributed by atoms with Crippen molar-refractivity contribution in [1.82, 2.24) is 14.9 Å². The molecule has 0 saturated carbocycles. The minimum atomic E-state index is -0.108. The number of rotatable bonds is 6. The number of aromatic nitrogens is 2. The van der Waals surface area contributed by atoms with Crippen molar-refractivity contribution in [3.63, 3.8) is 0 Å². The number of nitrogens with one attached hydrogen (secondary N) is 2. The van der Waals surface area contributed by atoms with Gasteiger partial charge in [0.2, 0.25) is 0 Å². The molecule has 0 unspecified atom stereocenters. The van der Waals surface area contributed by atoms with E-state index in [0.29, 0.717) is 5.82 Å². The Morgan fingerprint density at radius 3 is 2.42 bits per heavy atom. The number of nitrogens with two attached hydrogens (primary N) is 1. The molecule has 6 nitrogen and oxygen atoms in total. The highest BCUT2D eigenvalue weighted by atomic mass is 15.3. The van der Waals surface area contributed by atoms with Crippen molar-refractivity contribution in [2.24, 2.45) is 5.84 Å². The third-order valence-corrected chi connectivity index (χ3v) is 2.88. The fourth-order valence-electron chi connectivity index (χ4n) is 1.48. The third kappa shape index (κ3) is 5.00. The van der Waals surface area contributed by atoms with Crippen molar-refractivity contribution in [2.75, 3.05) is 37.4 Å². The molecule has 0 aliphatic heterocycles. The minimum absolute atomic E-state index is 0.108. The molecule has 1 aromatic rings. The van der Waals surface area contributed by atoms with Gasteiger partial charge in [-0.15, -0.1) is 0 Å². The third-order valence-electron chi connectivity index (χ3n) is 2.88. The van der Waals surface area contributed by atoms with Crippen LogP contribution in [0.1, 0.15) is 33.5 Å². The predicted molar refractivity (Wildman–Crippen MR) is 80.2 cm³/mol. The van der Waals surface area contributed by atoms with Gasteiger partial charge in [0.1, 0.15) is 17.5 Å². The largest absolute Gasteiger partial charge is 0.369 e. The Morgan fingerprint density at radius 1 is 1.26 bits per heavy atom. The van der Waals surface area contributed by atoms with E-state index >= 15 is 0 Å². The molecule has 1 rings (SSSR count). The fourth-order valence-corrected chi connectivity index (χ4v) is 1.48. The molecular formula is C13H26N6. The lowest BCUT2D eigenvalue weighted by Crippen LogP contribution is -2.26. The zero-order chi connectivity index (χ0) is 14.5. The van der Waals surface area contributed by atoms with Gasteiger partial charge in [-0.1, -0.05) is 27.7 Å². The summed E-state index contributed by atoms with van der Waals surface area (Å²) in [7, 11) is 2.09. The van der Waals surface area contributed by atoms with Crippen LogP contribution in [0.3, 0.4) is 0 Å². The Balaban J connectivity index is 2.77. The average molecular weight is 266 g/mol. The smallest absolute Gasteiger partial charge is 0.145 e. The zero-order valence-electron chi connectivity index (χ0n) is 12.6. The molecule has 1 heterocycles. The number of nitrogen functional groups attached to an aromatic ring is 1. The summed E-state index contributed by atoms with van der Waals surface area (Å²) < 4.78 is 0. The quantitative estimate of drug-likeness (QED) is 0.534. The number of hydrogen-bond acceptors (Lipinski definition) is 6. The molecule has 19 heavy (non-hydrogen) atoms. The minimum Gasteiger partial charge on any atom is -0.369 e. The number of hydrazine groups is 1. The first-order chi connectivity index (χ1) is 8.86. The second-order valence-corrected chi connectivity index (χ2v) is 5.68. The molecule has 0 amide bonds. The number of likely N-dealkylation sites (N-methyl/N-ethyl adjacent to an activating group) is 1. The zero-order valence-corrected chi connectivity index (χ0v) is 12.6. The van der Waals surface area contributed by atoms with E-state index in [1.165, 1.54) is 0 Å². The average Bonchev–Trinajstić information content (AvgIpc) is 2.37. The molecule has 108 valence electrons. The van der Waals surface area contributed by atoms with Crippen molar-refractivity contribution in [3.05, 3.63) is 11.9 Å². The van der Waals surface area contributed by atoms with Gasteiger partial charge >= 0.3 is 0 Å². The molecule has 0 spiro atoms. The first-order valence-electron chi connectivity index (χ1n) is 6.65. The second-order valence-electron chi connectivity index (χ2n) is 5.68. The van der Waals surface area contributed by atoms with Gasteiger partial charge in [0.25, 0.3) is 0 Å². The van der Waals surface area contributed by atoms with Gasteiger partial charge in [-0.3, -0.25) is 0 Å². The molecule has 0 fully saturated rings. The van der Waals surface area contributed by atoms with Crippen molar-refractivity contribution in [1.29, 1.82) is 0 Å². The van der Waals surface area contributed by atoms with Gasteiger partial charge in [0.15, 0.2) is 0 Å². The molecule has 0 bridgehead atoms. The van der Waals surface area contributed by atoms with Crippen LogP contribution in [0.15, 0.2) is 6.07 Å². The van der Waals surface area contributed by atoms with Gasteiger partial charge in [-0.2, -0.15) is 0 Å². The van der Waals surface area contributed by atoms with Crippen LogP contribution in [0.5, 0.6) is 0 Å². The van der Waals surface area contributed by atoms with Crippen molar-refractivity contribution in [3.8, 4) is 0 Å². The molecule has 0 radical (unpaired) electrons. The first-order valence-corrected chi connectivity index (χ1v) is 6.65. The van der Waals surface area contributed by atoms with E-state index in [9.17, 15) is 0 Å². The van der Waals surface area contributed by atoms with Crippen LogP contribution >= 0.6 is 0 Å². The maximum atomic E-state index is 5.45. The normalized spacial score (nSPS) is 11.7. The monoisotopic (exact) mass is 266 g/mol. The summed E-state index contributed by atoms with van der Waals surface area (Å²) in [5.74, 6) is 7.66. The molecule has 4 N–H and O–H groups in total. The Bertz CT molecular complexity index is 399. The van der Waals surface area contributed by atoms with Crippen LogP contribution in [0.4, 0.5) is 11.6 Å². The summed E-state index contributed by atoms with van der Waals surface area (Å²) in [6.07, 6.45) is 0. The van der Waals surface area contributed by atoms with Crippen LogP contribution in [0.25, 0.3) is 0 Å². The van der Waals surface area contributed by atoms with Crippen LogP contribution in [-0.4, -0.2) is 41.5 Å². The highest BCUT2D eigenvalue weighted by molar-refractivity contribution is 5.47. The maximum absolute atomic E-state index is 5.45. The Kier molecular flexibility index (Phi) is 5.50. The topological polar surface area (TPSA) is 79.1 Å². The Morgan fingerprint density at radius 2 is 1.89 bits per heavy atom. The Labute approximate surface area is 115 Å². The van der Waals surface area contributed by atoms with Gasteiger partial charge in [-0.25, -0.2) is 15.8 Å². The highest BCUT2D eigenvalue weighted by Gasteiger charge is 2.18. The van der Waals surface area contributed by atoms with Gasteiger partial charge in [0, 0.05) is 24.6 Å². The van der Waals surface area contributed by atoms with E-state index < -0.39 is 0 Å². The van der Waals surface area contributed by atoms with E-state index in [0.717, 1.165) is 31.3 Å². The van der Waals surface area contributed by atoms with E-state index in [1.807, 2.05) is 6.07 Å². The molecular weight excluding hydrogens is 240 g/mol. The van der Waals surface area contributed by atoms with Crippen LogP contribution in [0, 0.1) is 0 Å². The van der Waals surface area contributed by atoms with Crippen LogP contribution < -0.4 is 16.6 Å². The summed E-state index contributed by atoms with van der Waals surface area (Å²) in [4.78, 5) is 11.2. The van der Waals surface area contributed by atoms with Crippen molar-refractivity contribution >= 4 is 11.6 Å². The van der Waals surface area contributed by atoms with Gasteiger partial charge in [0.05, 0.1) is 0 Å². The molecule has 1 aromatic heterocycles. The van der Waals surface area contributed by atoms with Gasteiger partial charge in [-0.05, 0) is 13.6 Å². The summed E-state index contributed by atoms with van der Waals surface area (Å²) in [5, 5.41) is 3.31. The van der Waals surface area contributed by atoms with Crippen molar-refractivity contribution in [2.45, 2.75) is 33.1 Å². The molecule has 0 aromatic carbocycles.